The lowest BCUT2D eigenvalue weighted by molar-refractivity contribution is 0.101. The summed E-state index contributed by atoms with van der Waals surface area (Å²) in [4.78, 5) is 44.4. The van der Waals surface area contributed by atoms with Gasteiger partial charge in [0.15, 0.2) is 5.78 Å². The van der Waals surface area contributed by atoms with Gasteiger partial charge in [-0.2, -0.15) is 4.98 Å². The van der Waals surface area contributed by atoms with Crippen molar-refractivity contribution < 1.29 is 4.79 Å². The number of carbonyl (C=O) groups excluding carboxylic acids is 1. The highest BCUT2D eigenvalue weighted by Gasteiger charge is 2.26. The van der Waals surface area contributed by atoms with E-state index in [2.05, 4.69) is 45.0 Å². The molecule has 3 aromatic rings. The van der Waals surface area contributed by atoms with Gasteiger partial charge in [0.2, 0.25) is 5.95 Å². The molecule has 1 aliphatic heterocycles. The van der Waals surface area contributed by atoms with Crippen molar-refractivity contribution >= 4 is 34.3 Å². The van der Waals surface area contributed by atoms with Gasteiger partial charge in [-0.15, -0.1) is 0 Å². The van der Waals surface area contributed by atoms with Crippen LogP contribution in [0.2, 0.25) is 0 Å². The number of nitrogens with zero attached hydrogens (tertiary/aromatic N) is 6. The molecule has 36 heavy (non-hydrogen) atoms. The number of hydrogen-bond donors (Lipinski definition) is 1. The summed E-state index contributed by atoms with van der Waals surface area (Å²) in [5, 5.41) is 3.94. The first-order valence-electron chi connectivity index (χ1n) is 13.0. The minimum absolute atomic E-state index is 0.0509. The standard InChI is InChI=1S/C27H35N7O2/c1-17(2)32-11-13-33(14-12-32)21-9-10-23(28-15-21)30-27-29-16-22-18(3)24(19(4)35)26(36)34(25(22)31-27)20-7-5-6-8-20/h9-10,15-17,20H,5-8,11-14H2,1-4H3,(H,28,29,30,31). The Labute approximate surface area is 211 Å². The number of rotatable bonds is 6. The predicted octanol–water partition coefficient (Wildman–Crippen LogP) is 4.09. The van der Waals surface area contributed by atoms with E-state index >= 15 is 0 Å². The van der Waals surface area contributed by atoms with Crippen molar-refractivity contribution in [3.8, 4) is 0 Å². The number of fused-ring (bicyclic) bond motifs is 1. The third kappa shape index (κ3) is 4.59. The Hall–Kier alpha value is -3.33. The molecule has 4 heterocycles. The third-order valence-corrected chi connectivity index (χ3v) is 7.65. The summed E-state index contributed by atoms with van der Waals surface area (Å²) in [6, 6.07) is 4.63. The molecule has 1 aliphatic carbocycles. The molecule has 190 valence electrons. The predicted molar refractivity (Wildman–Crippen MR) is 142 cm³/mol. The number of aryl methyl sites for hydroxylation is 1. The van der Waals surface area contributed by atoms with Crippen LogP contribution in [-0.2, 0) is 0 Å². The van der Waals surface area contributed by atoms with Gasteiger partial charge < -0.3 is 10.2 Å². The highest BCUT2D eigenvalue weighted by atomic mass is 16.1. The van der Waals surface area contributed by atoms with Crippen LogP contribution in [0.5, 0.6) is 0 Å². The highest BCUT2D eigenvalue weighted by Crippen LogP contribution is 2.32. The molecule has 5 rings (SSSR count). The van der Waals surface area contributed by atoms with Crippen molar-refractivity contribution in [3.05, 3.63) is 46.0 Å². The second-order valence-electron chi connectivity index (χ2n) is 10.2. The van der Waals surface area contributed by atoms with E-state index in [0.717, 1.165) is 62.9 Å². The van der Waals surface area contributed by atoms with Crippen LogP contribution in [0.25, 0.3) is 11.0 Å². The quantitative estimate of drug-likeness (QED) is 0.518. The van der Waals surface area contributed by atoms with Crippen molar-refractivity contribution in [1.82, 2.24) is 24.4 Å². The lowest BCUT2D eigenvalue weighted by Crippen LogP contribution is -2.48. The average Bonchev–Trinajstić information content (AvgIpc) is 3.39. The number of piperazine rings is 1. The molecular formula is C27H35N7O2. The maximum absolute atomic E-state index is 13.4. The molecule has 0 unspecified atom stereocenters. The molecule has 2 aliphatic rings. The summed E-state index contributed by atoms with van der Waals surface area (Å²) in [6.45, 7) is 11.8. The van der Waals surface area contributed by atoms with Crippen LogP contribution in [0.15, 0.2) is 29.3 Å². The lowest BCUT2D eigenvalue weighted by atomic mass is 10.0. The monoisotopic (exact) mass is 489 g/mol. The van der Waals surface area contributed by atoms with E-state index in [1.54, 1.807) is 17.7 Å². The Kier molecular flexibility index (Phi) is 6.75. The number of ketones is 1. The molecule has 0 atom stereocenters. The molecule has 9 nitrogen and oxygen atoms in total. The molecular weight excluding hydrogens is 454 g/mol. The fraction of sp³-hybridized carbons (Fsp3) is 0.519. The van der Waals surface area contributed by atoms with Gasteiger partial charge in [-0.1, -0.05) is 12.8 Å². The number of pyridine rings is 2. The van der Waals surface area contributed by atoms with Crippen LogP contribution in [0.1, 0.15) is 68.4 Å². The van der Waals surface area contributed by atoms with E-state index < -0.39 is 0 Å². The van der Waals surface area contributed by atoms with Crippen LogP contribution in [0, 0.1) is 6.92 Å². The van der Waals surface area contributed by atoms with Crippen LogP contribution >= 0.6 is 0 Å². The lowest BCUT2D eigenvalue weighted by Gasteiger charge is -2.38. The topological polar surface area (TPSA) is 96.2 Å². The van der Waals surface area contributed by atoms with Crippen LogP contribution in [-0.4, -0.2) is 62.4 Å². The summed E-state index contributed by atoms with van der Waals surface area (Å²) < 4.78 is 1.73. The minimum Gasteiger partial charge on any atom is -0.368 e. The largest absolute Gasteiger partial charge is 0.368 e. The SMILES string of the molecule is CC(=O)c1c(C)c2cnc(Nc3ccc(N4CCN(C(C)C)CC4)cn3)nc2n(C2CCCC2)c1=O. The molecule has 0 radical (unpaired) electrons. The van der Waals surface area contributed by atoms with Crippen molar-refractivity contribution in [3.63, 3.8) is 0 Å². The van der Waals surface area contributed by atoms with Crippen LogP contribution in [0.4, 0.5) is 17.5 Å². The number of aromatic nitrogens is 4. The average molecular weight is 490 g/mol. The molecule has 1 saturated heterocycles. The summed E-state index contributed by atoms with van der Waals surface area (Å²) >= 11 is 0. The minimum atomic E-state index is -0.246. The summed E-state index contributed by atoms with van der Waals surface area (Å²) in [6.07, 6.45) is 7.56. The van der Waals surface area contributed by atoms with Crippen molar-refractivity contribution in [2.45, 2.75) is 65.5 Å². The Balaban J connectivity index is 1.42. The Bertz CT molecular complexity index is 1320. The van der Waals surface area contributed by atoms with Gasteiger partial charge in [-0.3, -0.25) is 19.1 Å². The molecule has 3 aromatic heterocycles. The second kappa shape index (κ2) is 9.97. The number of hydrogen-bond acceptors (Lipinski definition) is 8. The van der Waals surface area contributed by atoms with E-state index in [1.807, 2.05) is 12.3 Å². The molecule has 0 aromatic carbocycles. The fourth-order valence-corrected chi connectivity index (χ4v) is 5.57. The zero-order chi connectivity index (χ0) is 25.4. The number of Topliss-reactive ketones (excluding diaryl/α,β-unsaturated/α-hetero) is 1. The number of carbonyl (C=O) groups is 1. The molecule has 1 N–H and O–H groups in total. The van der Waals surface area contributed by atoms with Gasteiger partial charge in [0, 0.05) is 49.8 Å². The summed E-state index contributed by atoms with van der Waals surface area (Å²) in [5.74, 6) is 0.809. The number of nitrogens with one attached hydrogen (secondary N) is 1. The molecule has 9 heteroatoms. The molecule has 2 fully saturated rings. The maximum Gasteiger partial charge on any atom is 0.263 e. The third-order valence-electron chi connectivity index (χ3n) is 7.65. The first kappa shape index (κ1) is 24.4. The van der Waals surface area contributed by atoms with E-state index in [9.17, 15) is 9.59 Å². The highest BCUT2D eigenvalue weighted by molar-refractivity contribution is 5.99. The van der Waals surface area contributed by atoms with E-state index in [-0.39, 0.29) is 22.9 Å². The summed E-state index contributed by atoms with van der Waals surface area (Å²) in [5.41, 5.74) is 2.31. The Morgan fingerprint density at radius 3 is 2.39 bits per heavy atom. The number of anilines is 3. The Morgan fingerprint density at radius 2 is 1.78 bits per heavy atom. The van der Waals surface area contributed by atoms with Gasteiger partial charge in [0.05, 0.1) is 17.4 Å². The normalized spacial score (nSPS) is 17.3. The molecule has 0 spiro atoms. The fourth-order valence-electron chi connectivity index (χ4n) is 5.57. The second-order valence-corrected chi connectivity index (χ2v) is 10.2. The van der Waals surface area contributed by atoms with E-state index in [4.69, 9.17) is 4.98 Å². The first-order chi connectivity index (χ1) is 17.3. The van der Waals surface area contributed by atoms with E-state index in [1.165, 1.54) is 6.92 Å². The maximum atomic E-state index is 13.4. The molecule has 0 amide bonds. The van der Waals surface area contributed by atoms with Gasteiger partial charge in [-0.05, 0) is 58.2 Å². The van der Waals surface area contributed by atoms with Gasteiger partial charge >= 0.3 is 0 Å². The van der Waals surface area contributed by atoms with Crippen LogP contribution in [0.3, 0.4) is 0 Å². The molecule has 0 bridgehead atoms. The molecule has 1 saturated carbocycles. The van der Waals surface area contributed by atoms with Crippen LogP contribution < -0.4 is 15.8 Å². The zero-order valence-corrected chi connectivity index (χ0v) is 21.6. The van der Waals surface area contributed by atoms with Crippen molar-refractivity contribution in [2.75, 3.05) is 36.4 Å². The van der Waals surface area contributed by atoms with Crippen molar-refractivity contribution in [1.29, 1.82) is 0 Å². The van der Waals surface area contributed by atoms with Gasteiger partial charge in [-0.25, -0.2) is 9.97 Å². The zero-order valence-electron chi connectivity index (χ0n) is 21.6. The smallest absolute Gasteiger partial charge is 0.263 e. The summed E-state index contributed by atoms with van der Waals surface area (Å²) in [7, 11) is 0. The van der Waals surface area contributed by atoms with Gasteiger partial charge in [0.1, 0.15) is 11.5 Å². The van der Waals surface area contributed by atoms with E-state index in [0.29, 0.717) is 29.0 Å². The van der Waals surface area contributed by atoms with Gasteiger partial charge in [0.25, 0.3) is 5.56 Å². The first-order valence-corrected chi connectivity index (χ1v) is 13.0. The van der Waals surface area contributed by atoms with Crippen molar-refractivity contribution in [2.24, 2.45) is 0 Å². The Morgan fingerprint density at radius 1 is 1.06 bits per heavy atom.